The van der Waals surface area contributed by atoms with Crippen LogP contribution < -0.4 is 5.32 Å². The van der Waals surface area contributed by atoms with Crippen LogP contribution in [0.5, 0.6) is 0 Å². The number of hydrogen-bond donors (Lipinski definition) is 1. The molecule has 2 aliphatic heterocycles. The second-order valence-electron chi connectivity index (χ2n) is 7.05. The first-order valence-corrected chi connectivity index (χ1v) is 10.6. The van der Waals surface area contributed by atoms with Crippen LogP contribution in [-0.2, 0) is 22.1 Å². The second-order valence-corrected chi connectivity index (χ2v) is 7.99. The molecule has 1 aromatic rings. The predicted octanol–water partition coefficient (Wildman–Crippen LogP) is 1.85. The summed E-state index contributed by atoms with van der Waals surface area (Å²) in [5.74, 6) is 0.938. The van der Waals surface area contributed by atoms with Gasteiger partial charge in [-0.2, -0.15) is 13.2 Å². The number of hydrogen-bond acceptors (Lipinski definition) is 5. The molecule has 7 nitrogen and oxygen atoms in total. The number of nitrogens with one attached hydrogen (secondary N) is 1. The minimum atomic E-state index is -4.40. The minimum absolute atomic E-state index is 0.0264. The quantitative estimate of drug-likeness (QED) is 0.580. The van der Waals surface area contributed by atoms with Crippen molar-refractivity contribution in [1.29, 1.82) is 0 Å². The Bertz CT molecular complexity index is 711. The summed E-state index contributed by atoms with van der Waals surface area (Å²) in [6, 6.07) is 0. The van der Waals surface area contributed by atoms with Crippen molar-refractivity contribution in [1.82, 2.24) is 20.1 Å². The van der Waals surface area contributed by atoms with Crippen molar-refractivity contribution < 1.29 is 22.7 Å². The molecule has 0 saturated carbocycles. The number of morpholine rings is 1. The van der Waals surface area contributed by atoms with Gasteiger partial charge < -0.3 is 19.9 Å². The van der Waals surface area contributed by atoms with Crippen molar-refractivity contribution >= 4 is 23.2 Å². The van der Waals surface area contributed by atoms with Crippen LogP contribution >= 0.6 is 11.3 Å². The van der Waals surface area contributed by atoms with E-state index in [1.54, 1.807) is 7.05 Å². The van der Waals surface area contributed by atoms with Crippen LogP contribution in [0, 0.1) is 5.92 Å². The highest BCUT2D eigenvalue weighted by atomic mass is 32.1. The molecule has 0 atom stereocenters. The zero-order valence-electron chi connectivity index (χ0n) is 16.4. The SMILES string of the molecule is CN=C(NCCc1nc(C(F)(F)F)cs1)N1CCC(C(=O)N2CCOCC2)CC1. The van der Waals surface area contributed by atoms with Gasteiger partial charge in [0.2, 0.25) is 5.91 Å². The van der Waals surface area contributed by atoms with E-state index in [9.17, 15) is 18.0 Å². The van der Waals surface area contributed by atoms with E-state index in [0.29, 0.717) is 50.2 Å². The number of ether oxygens (including phenoxy) is 1. The van der Waals surface area contributed by atoms with Gasteiger partial charge in [-0.1, -0.05) is 0 Å². The molecule has 2 saturated heterocycles. The van der Waals surface area contributed by atoms with Crippen molar-refractivity contribution in [2.45, 2.75) is 25.4 Å². The van der Waals surface area contributed by atoms with Crippen molar-refractivity contribution in [2.75, 3.05) is 53.0 Å². The lowest BCUT2D eigenvalue weighted by atomic mass is 9.95. The molecule has 1 aromatic heterocycles. The van der Waals surface area contributed by atoms with E-state index in [0.717, 1.165) is 42.6 Å². The number of piperidine rings is 1. The summed E-state index contributed by atoms with van der Waals surface area (Å²) in [5, 5.41) is 4.67. The summed E-state index contributed by atoms with van der Waals surface area (Å²) < 4.78 is 43.2. The maximum Gasteiger partial charge on any atom is 0.434 e. The fraction of sp³-hybridized carbons (Fsp3) is 0.722. The third-order valence-corrected chi connectivity index (χ3v) is 6.05. The first kappa shape index (κ1) is 21.8. The van der Waals surface area contributed by atoms with E-state index in [4.69, 9.17) is 4.74 Å². The van der Waals surface area contributed by atoms with Gasteiger partial charge in [-0.05, 0) is 12.8 Å². The van der Waals surface area contributed by atoms with E-state index in [2.05, 4.69) is 20.2 Å². The molecular formula is C18H26F3N5O2S. The molecule has 29 heavy (non-hydrogen) atoms. The third-order valence-electron chi connectivity index (χ3n) is 5.14. The Morgan fingerprint density at radius 1 is 1.28 bits per heavy atom. The summed E-state index contributed by atoms with van der Waals surface area (Å²) in [5.41, 5.74) is -0.839. The highest BCUT2D eigenvalue weighted by Gasteiger charge is 2.33. The molecule has 3 rings (SSSR count). The maximum absolute atomic E-state index is 12.6. The van der Waals surface area contributed by atoms with Crippen LogP contribution in [0.25, 0.3) is 0 Å². The van der Waals surface area contributed by atoms with Gasteiger partial charge in [-0.25, -0.2) is 4.98 Å². The molecule has 11 heteroatoms. The number of amides is 1. The fourth-order valence-electron chi connectivity index (χ4n) is 3.55. The van der Waals surface area contributed by atoms with Crippen LogP contribution in [0.3, 0.4) is 0 Å². The second kappa shape index (κ2) is 9.75. The zero-order valence-corrected chi connectivity index (χ0v) is 17.2. The third kappa shape index (κ3) is 5.81. The molecule has 1 amide bonds. The molecule has 2 aliphatic rings. The molecule has 0 spiro atoms. The van der Waals surface area contributed by atoms with Gasteiger partial charge in [-0.3, -0.25) is 9.79 Å². The Hall–Kier alpha value is -1.88. The number of rotatable bonds is 4. The van der Waals surface area contributed by atoms with E-state index in [-0.39, 0.29) is 11.8 Å². The first-order chi connectivity index (χ1) is 13.9. The van der Waals surface area contributed by atoms with Gasteiger partial charge in [0.25, 0.3) is 0 Å². The topological polar surface area (TPSA) is 70.1 Å². The lowest BCUT2D eigenvalue weighted by Crippen LogP contribution is -2.50. The molecule has 0 aliphatic carbocycles. The molecular weight excluding hydrogens is 407 g/mol. The van der Waals surface area contributed by atoms with Gasteiger partial charge in [0.1, 0.15) is 0 Å². The standard InChI is InChI=1S/C18H26F3N5O2S/c1-22-17(23-5-2-15-24-14(12-29-15)18(19,20)21)26-6-3-13(4-7-26)16(27)25-8-10-28-11-9-25/h12-13H,2-11H2,1H3,(H,22,23). The molecule has 1 N–H and O–H groups in total. The highest BCUT2D eigenvalue weighted by molar-refractivity contribution is 7.09. The number of halogens is 3. The maximum atomic E-state index is 12.6. The van der Waals surface area contributed by atoms with Crippen molar-refractivity contribution in [3.8, 4) is 0 Å². The molecule has 0 aromatic carbocycles. The first-order valence-electron chi connectivity index (χ1n) is 9.72. The average molecular weight is 434 g/mol. The lowest BCUT2D eigenvalue weighted by molar-refractivity contribution is -0.141. The molecule has 3 heterocycles. The van der Waals surface area contributed by atoms with E-state index in [1.807, 2.05) is 4.90 Å². The van der Waals surface area contributed by atoms with Crippen LogP contribution in [0.4, 0.5) is 13.2 Å². The van der Waals surface area contributed by atoms with Gasteiger partial charge >= 0.3 is 6.18 Å². The van der Waals surface area contributed by atoms with E-state index < -0.39 is 11.9 Å². The van der Waals surface area contributed by atoms with E-state index in [1.165, 1.54) is 0 Å². The number of alkyl halides is 3. The van der Waals surface area contributed by atoms with Gasteiger partial charge in [0, 0.05) is 57.5 Å². The number of guanidine groups is 1. The van der Waals surface area contributed by atoms with Crippen molar-refractivity contribution in [3.63, 3.8) is 0 Å². The zero-order chi connectivity index (χ0) is 20.9. The fourth-order valence-corrected chi connectivity index (χ4v) is 4.35. The predicted molar refractivity (Wildman–Crippen MR) is 104 cm³/mol. The molecule has 0 bridgehead atoms. The number of nitrogens with zero attached hydrogens (tertiary/aromatic N) is 4. The Kier molecular flexibility index (Phi) is 7.33. The normalized spacial score (nSPS) is 19.5. The molecule has 0 radical (unpaired) electrons. The Morgan fingerprint density at radius 2 is 1.97 bits per heavy atom. The summed E-state index contributed by atoms with van der Waals surface area (Å²) in [6.07, 6.45) is -2.48. The number of thiazole rings is 1. The summed E-state index contributed by atoms with van der Waals surface area (Å²) in [7, 11) is 1.68. The number of carbonyl (C=O) groups excluding carboxylic acids is 1. The monoisotopic (exact) mass is 433 g/mol. The minimum Gasteiger partial charge on any atom is -0.378 e. The number of carbonyl (C=O) groups is 1. The van der Waals surface area contributed by atoms with Crippen molar-refractivity contribution in [2.24, 2.45) is 10.9 Å². The summed E-state index contributed by atoms with van der Waals surface area (Å²) in [4.78, 5) is 24.5. The van der Waals surface area contributed by atoms with Gasteiger partial charge in [0.05, 0.1) is 18.2 Å². The Balaban J connectivity index is 1.43. The highest BCUT2D eigenvalue weighted by Crippen LogP contribution is 2.30. The average Bonchev–Trinajstić information content (AvgIpc) is 3.21. The van der Waals surface area contributed by atoms with Crippen LogP contribution in [-0.4, -0.2) is 79.6 Å². The van der Waals surface area contributed by atoms with Crippen LogP contribution in [0.1, 0.15) is 23.5 Å². The van der Waals surface area contributed by atoms with Crippen molar-refractivity contribution in [3.05, 3.63) is 16.1 Å². The van der Waals surface area contributed by atoms with Gasteiger partial charge in [-0.15, -0.1) is 11.3 Å². The summed E-state index contributed by atoms with van der Waals surface area (Å²) in [6.45, 7) is 4.41. The van der Waals surface area contributed by atoms with Crippen LogP contribution in [0.2, 0.25) is 0 Å². The molecule has 0 unspecified atom stereocenters. The number of aromatic nitrogens is 1. The molecule has 162 valence electrons. The smallest absolute Gasteiger partial charge is 0.378 e. The number of likely N-dealkylation sites (tertiary alicyclic amines) is 1. The largest absolute Gasteiger partial charge is 0.434 e. The van der Waals surface area contributed by atoms with E-state index >= 15 is 0 Å². The lowest BCUT2D eigenvalue weighted by Gasteiger charge is -2.36. The Morgan fingerprint density at radius 3 is 2.55 bits per heavy atom. The van der Waals surface area contributed by atoms with Crippen LogP contribution in [0.15, 0.2) is 10.4 Å². The number of aliphatic imine (C=N–C) groups is 1. The van der Waals surface area contributed by atoms with Gasteiger partial charge in [0.15, 0.2) is 11.7 Å². The summed E-state index contributed by atoms with van der Waals surface area (Å²) >= 11 is 1.01. The Labute approximate surface area is 171 Å². The molecule has 2 fully saturated rings.